The van der Waals surface area contributed by atoms with Crippen LogP contribution in [-0.2, 0) is 4.74 Å². The van der Waals surface area contributed by atoms with E-state index in [2.05, 4.69) is 30.8 Å². The Morgan fingerprint density at radius 2 is 2.17 bits per heavy atom. The third kappa shape index (κ3) is 2.56. The largest absolute Gasteiger partial charge is 0.461 e. The van der Waals surface area contributed by atoms with Crippen LogP contribution < -0.4 is 0 Å². The molecule has 0 radical (unpaired) electrons. The molecular formula is C13H21N3O2. The van der Waals surface area contributed by atoms with Crippen LogP contribution in [0.25, 0.3) is 0 Å². The first-order chi connectivity index (χ1) is 8.41. The Morgan fingerprint density at radius 1 is 1.50 bits per heavy atom. The van der Waals surface area contributed by atoms with Crippen molar-refractivity contribution in [3.8, 4) is 0 Å². The lowest BCUT2D eigenvalue weighted by atomic mass is 9.98. The number of rotatable bonds is 3. The molecule has 1 aliphatic heterocycles. The Morgan fingerprint density at radius 3 is 2.72 bits per heavy atom. The predicted molar refractivity (Wildman–Crippen MR) is 68.5 cm³/mol. The first kappa shape index (κ1) is 13.1. The molecule has 5 nitrogen and oxygen atoms in total. The van der Waals surface area contributed by atoms with E-state index in [9.17, 15) is 4.79 Å². The molecule has 0 unspecified atom stereocenters. The third-order valence-corrected chi connectivity index (χ3v) is 3.28. The summed E-state index contributed by atoms with van der Waals surface area (Å²) in [4.78, 5) is 13.9. The number of ether oxygens (including phenoxy) is 1. The van der Waals surface area contributed by atoms with Crippen LogP contribution in [0.4, 0.5) is 0 Å². The summed E-state index contributed by atoms with van der Waals surface area (Å²) < 4.78 is 6.79. The highest BCUT2D eigenvalue weighted by Gasteiger charge is 2.35. The molecule has 0 saturated carbocycles. The Balaban J connectivity index is 1.95. The number of aromatic nitrogens is 2. The van der Waals surface area contributed by atoms with Crippen molar-refractivity contribution in [1.29, 1.82) is 0 Å². The SMILES string of the molecule is CCOC(=O)c1ccn(C2CN(C(C)(C)C)C2)n1. The lowest BCUT2D eigenvalue weighted by molar-refractivity contribution is 0.0150. The average molecular weight is 251 g/mol. The molecular weight excluding hydrogens is 230 g/mol. The maximum atomic E-state index is 11.5. The normalized spacial score (nSPS) is 17.6. The summed E-state index contributed by atoms with van der Waals surface area (Å²) in [5.41, 5.74) is 0.597. The number of esters is 1. The molecule has 0 amide bonds. The minimum Gasteiger partial charge on any atom is -0.461 e. The van der Waals surface area contributed by atoms with Gasteiger partial charge in [0.2, 0.25) is 0 Å². The number of carbonyl (C=O) groups is 1. The highest BCUT2D eigenvalue weighted by molar-refractivity contribution is 5.86. The van der Waals surface area contributed by atoms with Gasteiger partial charge in [-0.2, -0.15) is 5.10 Å². The predicted octanol–water partition coefficient (Wildman–Crippen LogP) is 1.72. The molecule has 0 N–H and O–H groups in total. The van der Waals surface area contributed by atoms with Gasteiger partial charge >= 0.3 is 5.97 Å². The van der Waals surface area contributed by atoms with Crippen molar-refractivity contribution >= 4 is 5.97 Å². The topological polar surface area (TPSA) is 47.4 Å². The molecule has 18 heavy (non-hydrogen) atoms. The van der Waals surface area contributed by atoms with E-state index in [0.717, 1.165) is 13.1 Å². The van der Waals surface area contributed by atoms with Gasteiger partial charge in [0, 0.05) is 24.8 Å². The second-order valence-electron chi connectivity index (χ2n) is 5.63. The summed E-state index contributed by atoms with van der Waals surface area (Å²) in [5.74, 6) is -0.344. The number of hydrogen-bond donors (Lipinski definition) is 0. The maximum Gasteiger partial charge on any atom is 0.358 e. The van der Waals surface area contributed by atoms with Crippen LogP contribution in [0.3, 0.4) is 0 Å². The molecule has 1 saturated heterocycles. The second kappa shape index (κ2) is 4.72. The highest BCUT2D eigenvalue weighted by Crippen LogP contribution is 2.28. The van der Waals surface area contributed by atoms with Crippen LogP contribution >= 0.6 is 0 Å². The first-order valence-electron chi connectivity index (χ1n) is 6.39. The van der Waals surface area contributed by atoms with Crippen LogP contribution in [-0.4, -0.2) is 45.9 Å². The number of likely N-dealkylation sites (tertiary alicyclic amines) is 1. The van der Waals surface area contributed by atoms with Crippen molar-refractivity contribution in [3.05, 3.63) is 18.0 Å². The molecule has 1 fully saturated rings. The van der Waals surface area contributed by atoms with E-state index in [4.69, 9.17) is 4.74 Å². The quantitative estimate of drug-likeness (QED) is 0.767. The molecule has 2 rings (SSSR count). The highest BCUT2D eigenvalue weighted by atomic mass is 16.5. The second-order valence-corrected chi connectivity index (χ2v) is 5.63. The van der Waals surface area contributed by atoms with Crippen molar-refractivity contribution in [3.63, 3.8) is 0 Å². The van der Waals surface area contributed by atoms with Gasteiger partial charge in [-0.3, -0.25) is 9.58 Å². The van der Waals surface area contributed by atoms with E-state index in [1.165, 1.54) is 0 Å². The molecule has 5 heteroatoms. The van der Waals surface area contributed by atoms with Gasteiger partial charge in [0.1, 0.15) is 0 Å². The molecule has 1 aliphatic rings. The number of nitrogens with zero attached hydrogens (tertiary/aromatic N) is 3. The van der Waals surface area contributed by atoms with Crippen molar-refractivity contribution in [2.24, 2.45) is 0 Å². The van der Waals surface area contributed by atoms with Crippen LogP contribution in [0.1, 0.15) is 44.2 Å². The third-order valence-electron chi connectivity index (χ3n) is 3.28. The minimum absolute atomic E-state index is 0.202. The summed E-state index contributed by atoms with van der Waals surface area (Å²) in [6, 6.07) is 2.09. The van der Waals surface area contributed by atoms with Crippen LogP contribution in [0.15, 0.2) is 12.3 Å². The molecule has 0 spiro atoms. The van der Waals surface area contributed by atoms with Crippen LogP contribution in [0, 0.1) is 0 Å². The first-order valence-corrected chi connectivity index (χ1v) is 6.39. The van der Waals surface area contributed by atoms with E-state index in [1.54, 1.807) is 13.0 Å². The van der Waals surface area contributed by atoms with Gasteiger partial charge in [0.25, 0.3) is 0 Å². The number of carbonyl (C=O) groups excluding carboxylic acids is 1. The summed E-state index contributed by atoms with van der Waals surface area (Å²) in [6.45, 7) is 10.7. The lowest BCUT2D eigenvalue weighted by Gasteiger charge is -2.47. The Hall–Kier alpha value is -1.36. The van der Waals surface area contributed by atoms with Crippen molar-refractivity contribution in [1.82, 2.24) is 14.7 Å². The zero-order valence-electron chi connectivity index (χ0n) is 11.5. The smallest absolute Gasteiger partial charge is 0.358 e. The monoisotopic (exact) mass is 251 g/mol. The molecule has 1 aromatic heterocycles. The van der Waals surface area contributed by atoms with Crippen molar-refractivity contribution in [2.75, 3.05) is 19.7 Å². The fourth-order valence-electron chi connectivity index (χ4n) is 2.03. The Labute approximate surface area is 108 Å². The van der Waals surface area contributed by atoms with Crippen LogP contribution in [0.5, 0.6) is 0 Å². The zero-order chi connectivity index (χ0) is 13.3. The van der Waals surface area contributed by atoms with Crippen molar-refractivity contribution in [2.45, 2.75) is 39.3 Å². The summed E-state index contributed by atoms with van der Waals surface area (Å²) >= 11 is 0. The fourth-order valence-corrected chi connectivity index (χ4v) is 2.03. The molecule has 100 valence electrons. The maximum absolute atomic E-state index is 11.5. The molecule has 0 aromatic carbocycles. The van der Waals surface area contributed by atoms with Gasteiger partial charge in [0.15, 0.2) is 5.69 Å². The minimum atomic E-state index is -0.344. The summed E-state index contributed by atoms with van der Waals surface area (Å²) in [7, 11) is 0. The van der Waals surface area contributed by atoms with Crippen molar-refractivity contribution < 1.29 is 9.53 Å². The average Bonchev–Trinajstić information content (AvgIpc) is 2.62. The Bertz CT molecular complexity index is 428. The summed E-state index contributed by atoms with van der Waals surface area (Å²) in [5, 5.41) is 4.28. The molecule has 1 aromatic rings. The lowest BCUT2D eigenvalue weighted by Crippen LogP contribution is -2.56. The molecule has 0 atom stereocenters. The van der Waals surface area contributed by atoms with Gasteiger partial charge in [-0.1, -0.05) is 0 Å². The van der Waals surface area contributed by atoms with Gasteiger partial charge in [-0.25, -0.2) is 4.79 Å². The molecule has 0 bridgehead atoms. The van der Waals surface area contributed by atoms with E-state index in [-0.39, 0.29) is 11.5 Å². The van der Waals surface area contributed by atoms with Gasteiger partial charge in [0.05, 0.1) is 12.6 Å². The van der Waals surface area contributed by atoms with E-state index < -0.39 is 0 Å². The summed E-state index contributed by atoms with van der Waals surface area (Å²) in [6.07, 6.45) is 1.86. The van der Waals surface area contributed by atoms with Gasteiger partial charge in [-0.05, 0) is 33.8 Å². The fraction of sp³-hybridized carbons (Fsp3) is 0.692. The standard InChI is InChI=1S/C13H21N3O2/c1-5-18-12(17)11-6-7-16(14-11)10-8-15(9-10)13(2,3)4/h6-7,10H,5,8-9H2,1-4H3. The molecule has 2 heterocycles. The Kier molecular flexibility index (Phi) is 3.43. The van der Waals surface area contributed by atoms with E-state index in [1.807, 2.05) is 10.9 Å². The number of hydrogen-bond acceptors (Lipinski definition) is 4. The molecule has 0 aliphatic carbocycles. The zero-order valence-corrected chi connectivity index (χ0v) is 11.5. The van der Waals surface area contributed by atoms with E-state index >= 15 is 0 Å². The van der Waals surface area contributed by atoms with Gasteiger partial charge in [-0.15, -0.1) is 0 Å². The van der Waals surface area contributed by atoms with E-state index in [0.29, 0.717) is 18.3 Å². The van der Waals surface area contributed by atoms with Gasteiger partial charge < -0.3 is 4.74 Å². The van der Waals surface area contributed by atoms with Crippen LogP contribution in [0.2, 0.25) is 0 Å².